The molecule has 3 rings (SSSR count). The van der Waals surface area contributed by atoms with Crippen molar-refractivity contribution in [3.05, 3.63) is 29.3 Å². The SMILES string of the molecule is CNC1c2c(F)cc(F)cc2OCC12CC2. The average molecular weight is 225 g/mol. The van der Waals surface area contributed by atoms with E-state index in [9.17, 15) is 8.78 Å². The fourth-order valence-electron chi connectivity index (χ4n) is 2.62. The summed E-state index contributed by atoms with van der Waals surface area (Å²) < 4.78 is 32.3. The van der Waals surface area contributed by atoms with Crippen LogP contribution in [0.25, 0.3) is 0 Å². The summed E-state index contributed by atoms with van der Waals surface area (Å²) in [6.07, 6.45) is 2.07. The van der Waals surface area contributed by atoms with Crippen molar-refractivity contribution in [1.82, 2.24) is 5.32 Å². The van der Waals surface area contributed by atoms with Crippen LogP contribution in [-0.2, 0) is 0 Å². The lowest BCUT2D eigenvalue weighted by atomic mass is 9.87. The minimum absolute atomic E-state index is 0.0282. The zero-order chi connectivity index (χ0) is 11.3. The molecule has 16 heavy (non-hydrogen) atoms. The molecule has 1 heterocycles. The van der Waals surface area contributed by atoms with E-state index in [1.807, 2.05) is 7.05 Å². The minimum Gasteiger partial charge on any atom is -0.492 e. The molecule has 1 aliphatic carbocycles. The van der Waals surface area contributed by atoms with Crippen LogP contribution in [0.15, 0.2) is 12.1 Å². The van der Waals surface area contributed by atoms with Gasteiger partial charge in [-0.1, -0.05) is 0 Å². The molecule has 0 saturated heterocycles. The zero-order valence-electron chi connectivity index (χ0n) is 9.02. The smallest absolute Gasteiger partial charge is 0.134 e. The lowest BCUT2D eigenvalue weighted by Crippen LogP contribution is -2.36. The molecule has 0 bridgehead atoms. The Bertz CT molecular complexity index is 443. The van der Waals surface area contributed by atoms with E-state index in [1.165, 1.54) is 6.07 Å². The van der Waals surface area contributed by atoms with Gasteiger partial charge < -0.3 is 10.1 Å². The van der Waals surface area contributed by atoms with Gasteiger partial charge in [0.05, 0.1) is 6.61 Å². The number of halogens is 2. The maximum atomic E-state index is 13.8. The van der Waals surface area contributed by atoms with Crippen molar-refractivity contribution in [3.8, 4) is 5.75 Å². The van der Waals surface area contributed by atoms with E-state index in [0.29, 0.717) is 17.9 Å². The number of hydrogen-bond acceptors (Lipinski definition) is 2. The molecule has 2 nitrogen and oxygen atoms in total. The fraction of sp³-hybridized carbons (Fsp3) is 0.500. The monoisotopic (exact) mass is 225 g/mol. The van der Waals surface area contributed by atoms with E-state index in [4.69, 9.17) is 4.74 Å². The molecule has 1 aromatic carbocycles. The molecular formula is C12H13F2NO. The van der Waals surface area contributed by atoms with Gasteiger partial charge in [-0.3, -0.25) is 0 Å². The summed E-state index contributed by atoms with van der Waals surface area (Å²) in [7, 11) is 1.81. The Morgan fingerprint density at radius 2 is 2.12 bits per heavy atom. The molecule has 0 aromatic heterocycles. The molecule has 4 heteroatoms. The Morgan fingerprint density at radius 3 is 2.75 bits per heavy atom. The Hall–Kier alpha value is -1.16. The molecule has 1 aliphatic heterocycles. The number of ether oxygens (including phenoxy) is 1. The first kappa shape index (κ1) is 10.0. The first-order chi connectivity index (χ1) is 7.66. The molecular weight excluding hydrogens is 212 g/mol. The predicted molar refractivity (Wildman–Crippen MR) is 55.3 cm³/mol. The van der Waals surface area contributed by atoms with Crippen molar-refractivity contribution in [3.63, 3.8) is 0 Å². The first-order valence-corrected chi connectivity index (χ1v) is 5.45. The highest BCUT2D eigenvalue weighted by Crippen LogP contribution is 2.59. The fourth-order valence-corrected chi connectivity index (χ4v) is 2.62. The largest absolute Gasteiger partial charge is 0.492 e. The highest BCUT2D eigenvalue weighted by molar-refractivity contribution is 5.42. The lowest BCUT2D eigenvalue weighted by Gasteiger charge is -2.34. The van der Waals surface area contributed by atoms with Crippen LogP contribution in [0.2, 0.25) is 0 Å². The quantitative estimate of drug-likeness (QED) is 0.792. The molecule has 1 aromatic rings. The van der Waals surface area contributed by atoms with Crippen LogP contribution in [-0.4, -0.2) is 13.7 Å². The number of hydrogen-bond donors (Lipinski definition) is 1. The van der Waals surface area contributed by atoms with Crippen LogP contribution in [0, 0.1) is 17.0 Å². The normalized spacial score (nSPS) is 25.1. The maximum Gasteiger partial charge on any atom is 0.134 e. The third-order valence-electron chi connectivity index (χ3n) is 3.65. The Kier molecular flexibility index (Phi) is 1.98. The van der Waals surface area contributed by atoms with Crippen molar-refractivity contribution < 1.29 is 13.5 Å². The highest BCUT2D eigenvalue weighted by Gasteiger charge is 2.54. The molecule has 1 unspecified atom stereocenters. The molecule has 2 aliphatic rings. The van der Waals surface area contributed by atoms with Gasteiger partial charge in [0, 0.05) is 29.2 Å². The molecule has 1 saturated carbocycles. The van der Waals surface area contributed by atoms with Gasteiger partial charge in [-0.2, -0.15) is 0 Å². The Balaban J connectivity index is 2.13. The molecule has 0 radical (unpaired) electrons. The number of rotatable bonds is 1. The molecule has 86 valence electrons. The summed E-state index contributed by atoms with van der Waals surface area (Å²) in [5.41, 5.74) is 0.507. The second-order valence-electron chi connectivity index (χ2n) is 4.67. The molecule has 1 fully saturated rings. The summed E-state index contributed by atoms with van der Waals surface area (Å²) in [6, 6.07) is 2.13. The standard InChI is InChI=1S/C12H13F2NO/c1-15-11-10-8(14)4-7(13)5-9(10)16-6-12(11)2-3-12/h4-5,11,15H,2-3,6H2,1H3. The van der Waals surface area contributed by atoms with Gasteiger partial charge in [-0.05, 0) is 19.9 Å². The zero-order valence-corrected chi connectivity index (χ0v) is 9.02. The van der Waals surface area contributed by atoms with Crippen molar-refractivity contribution in [2.45, 2.75) is 18.9 Å². The lowest BCUT2D eigenvalue weighted by molar-refractivity contribution is 0.158. The van der Waals surface area contributed by atoms with E-state index in [1.54, 1.807) is 0 Å². The minimum atomic E-state index is -0.585. The van der Waals surface area contributed by atoms with Gasteiger partial charge in [0.1, 0.15) is 17.4 Å². The molecule has 1 spiro atoms. The third-order valence-corrected chi connectivity index (χ3v) is 3.65. The number of nitrogens with one attached hydrogen (secondary N) is 1. The van der Waals surface area contributed by atoms with E-state index in [-0.39, 0.29) is 11.5 Å². The van der Waals surface area contributed by atoms with Gasteiger partial charge in [-0.15, -0.1) is 0 Å². The summed E-state index contributed by atoms with van der Waals surface area (Å²) in [4.78, 5) is 0. The third kappa shape index (κ3) is 1.26. The first-order valence-electron chi connectivity index (χ1n) is 5.45. The maximum absolute atomic E-state index is 13.8. The van der Waals surface area contributed by atoms with Crippen LogP contribution in [0.5, 0.6) is 5.75 Å². The number of benzene rings is 1. The summed E-state index contributed by atoms with van der Waals surface area (Å²) in [5, 5.41) is 3.13. The second-order valence-corrected chi connectivity index (χ2v) is 4.67. The summed E-state index contributed by atoms with van der Waals surface area (Å²) >= 11 is 0. The van der Waals surface area contributed by atoms with Gasteiger partial charge in [0.2, 0.25) is 0 Å². The van der Waals surface area contributed by atoms with Gasteiger partial charge >= 0.3 is 0 Å². The van der Waals surface area contributed by atoms with Crippen molar-refractivity contribution in [2.24, 2.45) is 5.41 Å². The molecule has 1 N–H and O–H groups in total. The van der Waals surface area contributed by atoms with E-state index >= 15 is 0 Å². The van der Waals surface area contributed by atoms with Crippen LogP contribution in [0.3, 0.4) is 0 Å². The predicted octanol–water partition coefficient (Wildman–Crippen LogP) is 2.40. The van der Waals surface area contributed by atoms with Crippen molar-refractivity contribution in [2.75, 3.05) is 13.7 Å². The molecule has 1 atom stereocenters. The summed E-state index contributed by atoms with van der Waals surface area (Å²) in [5.74, 6) is -0.757. The Morgan fingerprint density at radius 1 is 1.38 bits per heavy atom. The van der Waals surface area contributed by atoms with Crippen LogP contribution < -0.4 is 10.1 Å². The van der Waals surface area contributed by atoms with Gasteiger partial charge in [0.15, 0.2) is 0 Å². The number of fused-ring (bicyclic) bond motifs is 1. The highest BCUT2D eigenvalue weighted by atomic mass is 19.1. The van der Waals surface area contributed by atoms with Crippen molar-refractivity contribution >= 4 is 0 Å². The Labute approximate surface area is 92.6 Å². The van der Waals surface area contributed by atoms with Crippen LogP contribution in [0.4, 0.5) is 8.78 Å². The van der Waals surface area contributed by atoms with Crippen molar-refractivity contribution in [1.29, 1.82) is 0 Å². The topological polar surface area (TPSA) is 21.3 Å². The van der Waals surface area contributed by atoms with E-state index in [0.717, 1.165) is 18.9 Å². The average Bonchev–Trinajstić information content (AvgIpc) is 3.00. The van der Waals surface area contributed by atoms with Crippen LogP contribution >= 0.6 is 0 Å². The summed E-state index contributed by atoms with van der Waals surface area (Å²) in [6.45, 7) is 0.550. The second kappa shape index (κ2) is 3.17. The van der Waals surface area contributed by atoms with E-state index < -0.39 is 11.6 Å². The van der Waals surface area contributed by atoms with Gasteiger partial charge in [0.25, 0.3) is 0 Å². The van der Waals surface area contributed by atoms with Crippen LogP contribution in [0.1, 0.15) is 24.4 Å². The van der Waals surface area contributed by atoms with E-state index in [2.05, 4.69) is 5.32 Å². The van der Waals surface area contributed by atoms with Gasteiger partial charge in [-0.25, -0.2) is 8.78 Å². The molecule has 0 amide bonds.